The largest absolute Gasteiger partial charge is 0.399 e. The van der Waals surface area contributed by atoms with Crippen LogP contribution >= 0.6 is 0 Å². The van der Waals surface area contributed by atoms with Gasteiger partial charge in [-0.1, -0.05) is 12.1 Å². The summed E-state index contributed by atoms with van der Waals surface area (Å²) in [6.07, 6.45) is 2.55. The SMILES string of the molecule is CC(C1CC1)n1nnnc1-c1cccc(N)c1. The Labute approximate surface area is 99.6 Å². The van der Waals surface area contributed by atoms with Crippen molar-refractivity contribution in [2.45, 2.75) is 25.8 Å². The summed E-state index contributed by atoms with van der Waals surface area (Å²) in [6, 6.07) is 8.04. The summed E-state index contributed by atoms with van der Waals surface area (Å²) < 4.78 is 1.91. The number of hydrogen-bond acceptors (Lipinski definition) is 4. The Bertz CT molecular complexity index is 529. The monoisotopic (exact) mass is 229 g/mol. The zero-order valence-corrected chi connectivity index (χ0v) is 9.74. The maximum Gasteiger partial charge on any atom is 0.182 e. The second kappa shape index (κ2) is 3.84. The number of nitrogens with two attached hydrogens (primary N) is 1. The third-order valence-electron chi connectivity index (χ3n) is 3.33. The van der Waals surface area contributed by atoms with Gasteiger partial charge in [-0.25, -0.2) is 4.68 Å². The Kier molecular flexibility index (Phi) is 2.31. The molecule has 1 fully saturated rings. The summed E-state index contributed by atoms with van der Waals surface area (Å²) in [5.41, 5.74) is 7.49. The molecule has 2 N–H and O–H groups in total. The van der Waals surface area contributed by atoms with Crippen molar-refractivity contribution in [3.05, 3.63) is 24.3 Å². The normalized spacial score (nSPS) is 17.0. The van der Waals surface area contributed by atoms with E-state index in [1.807, 2.05) is 28.9 Å². The maximum absolute atomic E-state index is 5.79. The predicted molar refractivity (Wildman–Crippen MR) is 65.1 cm³/mol. The van der Waals surface area contributed by atoms with Gasteiger partial charge in [0.15, 0.2) is 5.82 Å². The van der Waals surface area contributed by atoms with Gasteiger partial charge in [0, 0.05) is 11.3 Å². The molecule has 5 nitrogen and oxygen atoms in total. The molecule has 88 valence electrons. The van der Waals surface area contributed by atoms with Gasteiger partial charge >= 0.3 is 0 Å². The van der Waals surface area contributed by atoms with Crippen LogP contribution in [0.5, 0.6) is 0 Å². The standard InChI is InChI=1S/C12H15N5/c1-8(9-5-6-9)17-12(14-15-16-17)10-3-2-4-11(13)7-10/h2-4,7-9H,5-6,13H2,1H3. The van der Waals surface area contributed by atoms with E-state index in [1.54, 1.807) is 0 Å². The first kappa shape index (κ1) is 10.3. The number of aromatic nitrogens is 4. The Balaban J connectivity index is 2.00. The highest BCUT2D eigenvalue weighted by Crippen LogP contribution is 2.40. The van der Waals surface area contributed by atoms with E-state index in [9.17, 15) is 0 Å². The first-order valence-corrected chi connectivity index (χ1v) is 5.89. The fourth-order valence-corrected chi connectivity index (χ4v) is 2.11. The lowest BCUT2D eigenvalue weighted by Gasteiger charge is -2.12. The number of benzene rings is 1. The van der Waals surface area contributed by atoms with Crippen LogP contribution in [-0.4, -0.2) is 20.2 Å². The highest BCUT2D eigenvalue weighted by atomic mass is 15.5. The summed E-state index contributed by atoms with van der Waals surface area (Å²) in [7, 11) is 0. The van der Waals surface area contributed by atoms with Gasteiger partial charge in [0.1, 0.15) is 0 Å². The molecule has 0 amide bonds. The van der Waals surface area contributed by atoms with E-state index >= 15 is 0 Å². The van der Waals surface area contributed by atoms with Gasteiger partial charge in [-0.05, 0) is 48.2 Å². The molecule has 1 aromatic heterocycles. The van der Waals surface area contributed by atoms with Gasteiger partial charge < -0.3 is 5.73 Å². The van der Waals surface area contributed by atoms with Crippen LogP contribution in [0.15, 0.2) is 24.3 Å². The Morgan fingerprint density at radius 3 is 2.94 bits per heavy atom. The van der Waals surface area contributed by atoms with Crippen LogP contribution in [0.4, 0.5) is 5.69 Å². The maximum atomic E-state index is 5.79. The van der Waals surface area contributed by atoms with Crippen LogP contribution in [-0.2, 0) is 0 Å². The van der Waals surface area contributed by atoms with Crippen molar-refractivity contribution in [2.24, 2.45) is 5.92 Å². The van der Waals surface area contributed by atoms with Gasteiger partial charge in [-0.3, -0.25) is 0 Å². The van der Waals surface area contributed by atoms with Gasteiger partial charge in [-0.15, -0.1) is 5.10 Å². The first-order chi connectivity index (χ1) is 8.25. The van der Waals surface area contributed by atoms with E-state index in [2.05, 4.69) is 22.4 Å². The van der Waals surface area contributed by atoms with Crippen LogP contribution in [0.1, 0.15) is 25.8 Å². The van der Waals surface area contributed by atoms with Crippen molar-refractivity contribution in [1.82, 2.24) is 20.2 Å². The molecule has 1 heterocycles. The van der Waals surface area contributed by atoms with Crippen LogP contribution in [0.25, 0.3) is 11.4 Å². The van der Waals surface area contributed by atoms with Crippen molar-refractivity contribution in [3.8, 4) is 11.4 Å². The number of nitrogens with zero attached hydrogens (tertiary/aromatic N) is 4. The molecule has 1 unspecified atom stereocenters. The van der Waals surface area contributed by atoms with Gasteiger partial charge in [0.25, 0.3) is 0 Å². The predicted octanol–water partition coefficient (Wildman–Crippen LogP) is 1.89. The summed E-state index contributed by atoms with van der Waals surface area (Å²) in [6.45, 7) is 2.17. The molecule has 0 saturated heterocycles. The highest BCUT2D eigenvalue weighted by molar-refractivity contribution is 5.60. The van der Waals surface area contributed by atoms with Crippen molar-refractivity contribution in [3.63, 3.8) is 0 Å². The molecule has 1 aliphatic carbocycles. The van der Waals surface area contributed by atoms with E-state index in [-0.39, 0.29) is 0 Å². The van der Waals surface area contributed by atoms with Gasteiger partial charge in [0.2, 0.25) is 0 Å². The average Bonchev–Trinajstić information content (AvgIpc) is 3.05. The topological polar surface area (TPSA) is 69.6 Å². The molecule has 0 aliphatic heterocycles. The average molecular weight is 229 g/mol. The molecule has 1 aromatic carbocycles. The summed E-state index contributed by atoms with van der Waals surface area (Å²) in [5.74, 6) is 1.52. The second-order valence-corrected chi connectivity index (χ2v) is 4.65. The molecule has 5 heteroatoms. The Morgan fingerprint density at radius 1 is 1.41 bits per heavy atom. The molecule has 2 aromatic rings. The van der Waals surface area contributed by atoms with E-state index in [0.29, 0.717) is 6.04 Å². The fourth-order valence-electron chi connectivity index (χ4n) is 2.11. The lowest BCUT2D eigenvalue weighted by molar-refractivity contribution is 0.433. The highest BCUT2D eigenvalue weighted by Gasteiger charge is 2.31. The van der Waals surface area contributed by atoms with Crippen molar-refractivity contribution in [2.75, 3.05) is 5.73 Å². The number of hydrogen-bond donors (Lipinski definition) is 1. The minimum absolute atomic E-state index is 0.362. The number of tetrazole rings is 1. The van der Waals surface area contributed by atoms with Crippen LogP contribution in [0.3, 0.4) is 0 Å². The quantitative estimate of drug-likeness (QED) is 0.816. The van der Waals surface area contributed by atoms with E-state index in [4.69, 9.17) is 5.73 Å². The minimum atomic E-state index is 0.362. The van der Waals surface area contributed by atoms with E-state index < -0.39 is 0 Å². The molecule has 0 bridgehead atoms. The molecule has 0 spiro atoms. The Hall–Kier alpha value is -1.91. The Morgan fingerprint density at radius 2 is 2.24 bits per heavy atom. The summed E-state index contributed by atoms with van der Waals surface area (Å²) in [4.78, 5) is 0. The van der Waals surface area contributed by atoms with Gasteiger partial charge in [-0.2, -0.15) is 0 Å². The molecule has 0 radical (unpaired) electrons. The third-order valence-corrected chi connectivity index (χ3v) is 3.33. The smallest absolute Gasteiger partial charge is 0.182 e. The summed E-state index contributed by atoms with van der Waals surface area (Å²) >= 11 is 0. The van der Waals surface area contributed by atoms with Crippen LogP contribution in [0, 0.1) is 5.92 Å². The van der Waals surface area contributed by atoms with E-state index in [1.165, 1.54) is 12.8 Å². The number of rotatable bonds is 3. The molecule has 1 saturated carbocycles. The molecule has 1 aliphatic rings. The fraction of sp³-hybridized carbons (Fsp3) is 0.417. The van der Waals surface area contributed by atoms with Crippen molar-refractivity contribution < 1.29 is 0 Å². The van der Waals surface area contributed by atoms with Crippen LogP contribution in [0.2, 0.25) is 0 Å². The summed E-state index contributed by atoms with van der Waals surface area (Å²) in [5, 5.41) is 12.0. The minimum Gasteiger partial charge on any atom is -0.399 e. The van der Waals surface area contributed by atoms with Gasteiger partial charge in [0.05, 0.1) is 6.04 Å². The molecular weight excluding hydrogens is 214 g/mol. The molecule has 17 heavy (non-hydrogen) atoms. The zero-order chi connectivity index (χ0) is 11.8. The second-order valence-electron chi connectivity index (χ2n) is 4.65. The number of anilines is 1. The first-order valence-electron chi connectivity index (χ1n) is 5.89. The lowest BCUT2D eigenvalue weighted by atomic mass is 10.1. The van der Waals surface area contributed by atoms with E-state index in [0.717, 1.165) is 23.0 Å². The van der Waals surface area contributed by atoms with Crippen LogP contribution < -0.4 is 5.73 Å². The number of nitrogen functional groups attached to an aromatic ring is 1. The molecule has 1 atom stereocenters. The van der Waals surface area contributed by atoms with Crippen molar-refractivity contribution >= 4 is 5.69 Å². The van der Waals surface area contributed by atoms with Crippen molar-refractivity contribution in [1.29, 1.82) is 0 Å². The zero-order valence-electron chi connectivity index (χ0n) is 9.74. The third kappa shape index (κ3) is 1.88. The molecular formula is C12H15N5. The molecule has 3 rings (SSSR count). The lowest BCUT2D eigenvalue weighted by Crippen LogP contribution is -2.10.